The molecule has 0 aromatic heterocycles. The molecule has 4 rings (SSSR count). The number of phenolic OH excluding ortho intramolecular Hbond substituents is 1. The van der Waals surface area contributed by atoms with E-state index in [9.17, 15) is 5.11 Å². The maximum Gasteiger partial charge on any atom is 0.122 e. The molecule has 0 saturated heterocycles. The van der Waals surface area contributed by atoms with Gasteiger partial charge in [0.1, 0.15) is 17.2 Å². The zero-order valence-electron chi connectivity index (χ0n) is 14.3. The standard InChI is InChI=1S/C21H24O3/c1-23-14-8-6-13(7-9-14)18-12-20-19(17-5-3-4-16(17)18)10-15(24-2)11-21(20)22/h6-11,16-18,22H,3-5,12H2,1-2H3/t16-,17+,18-/m0/s1. The SMILES string of the molecule is COc1ccc([C@@H]2Cc3c(O)cc(OC)cc3[C@@H]3CCC[C@H]23)cc1. The van der Waals surface area contributed by atoms with Crippen molar-refractivity contribution in [2.24, 2.45) is 5.92 Å². The van der Waals surface area contributed by atoms with Crippen LogP contribution in [-0.4, -0.2) is 19.3 Å². The van der Waals surface area contributed by atoms with Gasteiger partial charge < -0.3 is 14.6 Å². The Kier molecular flexibility index (Phi) is 3.87. The molecule has 0 unspecified atom stereocenters. The Hall–Kier alpha value is -2.16. The van der Waals surface area contributed by atoms with Gasteiger partial charge in [-0.15, -0.1) is 0 Å². The fourth-order valence-corrected chi connectivity index (χ4v) is 4.77. The van der Waals surface area contributed by atoms with Crippen LogP contribution >= 0.6 is 0 Å². The Bertz CT molecular complexity index is 735. The second-order valence-corrected chi connectivity index (χ2v) is 7.00. The van der Waals surface area contributed by atoms with Crippen molar-refractivity contribution in [3.8, 4) is 17.2 Å². The Morgan fingerprint density at radius 2 is 1.67 bits per heavy atom. The second-order valence-electron chi connectivity index (χ2n) is 7.00. The van der Waals surface area contributed by atoms with Crippen LogP contribution in [0, 0.1) is 5.92 Å². The molecule has 0 spiro atoms. The number of aromatic hydroxyl groups is 1. The highest BCUT2D eigenvalue weighted by atomic mass is 16.5. The van der Waals surface area contributed by atoms with E-state index in [-0.39, 0.29) is 0 Å². The van der Waals surface area contributed by atoms with Gasteiger partial charge in [0.2, 0.25) is 0 Å². The van der Waals surface area contributed by atoms with Crippen molar-refractivity contribution in [3.05, 3.63) is 53.1 Å². The van der Waals surface area contributed by atoms with E-state index in [1.807, 2.05) is 12.1 Å². The first-order valence-electron chi connectivity index (χ1n) is 8.75. The Labute approximate surface area is 143 Å². The Morgan fingerprint density at radius 3 is 2.38 bits per heavy atom. The summed E-state index contributed by atoms with van der Waals surface area (Å²) in [5, 5.41) is 10.5. The number of rotatable bonds is 3. The molecule has 0 amide bonds. The smallest absolute Gasteiger partial charge is 0.122 e. The molecule has 1 fully saturated rings. The van der Waals surface area contributed by atoms with Crippen molar-refractivity contribution in [3.63, 3.8) is 0 Å². The summed E-state index contributed by atoms with van der Waals surface area (Å²) in [7, 11) is 3.36. The van der Waals surface area contributed by atoms with E-state index in [0.29, 0.717) is 23.5 Å². The van der Waals surface area contributed by atoms with Crippen LogP contribution in [0.15, 0.2) is 36.4 Å². The molecular weight excluding hydrogens is 300 g/mol. The van der Waals surface area contributed by atoms with Crippen molar-refractivity contribution in [2.45, 2.75) is 37.5 Å². The molecule has 1 saturated carbocycles. The van der Waals surface area contributed by atoms with Gasteiger partial charge in [0.25, 0.3) is 0 Å². The first-order valence-corrected chi connectivity index (χ1v) is 8.75. The number of fused-ring (bicyclic) bond motifs is 3. The van der Waals surface area contributed by atoms with Crippen molar-refractivity contribution in [1.29, 1.82) is 0 Å². The first kappa shape index (κ1) is 15.4. The first-order chi connectivity index (χ1) is 11.7. The minimum absolute atomic E-state index is 0.383. The zero-order chi connectivity index (χ0) is 16.7. The summed E-state index contributed by atoms with van der Waals surface area (Å²) in [6.45, 7) is 0. The highest BCUT2D eigenvalue weighted by Gasteiger charge is 2.41. The largest absolute Gasteiger partial charge is 0.508 e. The van der Waals surface area contributed by atoms with E-state index in [1.54, 1.807) is 20.3 Å². The lowest BCUT2D eigenvalue weighted by molar-refractivity contribution is 0.349. The van der Waals surface area contributed by atoms with Gasteiger partial charge in [-0.1, -0.05) is 18.6 Å². The summed E-state index contributed by atoms with van der Waals surface area (Å²) in [4.78, 5) is 0. The van der Waals surface area contributed by atoms with Gasteiger partial charge in [0.05, 0.1) is 14.2 Å². The predicted molar refractivity (Wildman–Crippen MR) is 94.2 cm³/mol. The molecular formula is C21H24O3. The van der Waals surface area contributed by atoms with Crippen LogP contribution in [0.1, 0.15) is 47.8 Å². The number of hydrogen-bond acceptors (Lipinski definition) is 3. The second kappa shape index (κ2) is 6.04. The quantitative estimate of drug-likeness (QED) is 0.894. The number of ether oxygens (including phenoxy) is 2. The van der Waals surface area contributed by atoms with Crippen LogP contribution in [0.25, 0.3) is 0 Å². The van der Waals surface area contributed by atoms with E-state index in [2.05, 4.69) is 18.2 Å². The third kappa shape index (κ3) is 2.43. The molecule has 126 valence electrons. The number of benzene rings is 2. The highest BCUT2D eigenvalue weighted by Crippen LogP contribution is 2.55. The minimum atomic E-state index is 0.383. The topological polar surface area (TPSA) is 38.7 Å². The van der Waals surface area contributed by atoms with Crippen LogP contribution in [0.3, 0.4) is 0 Å². The molecule has 3 nitrogen and oxygen atoms in total. The van der Waals surface area contributed by atoms with Crippen LogP contribution in [0.2, 0.25) is 0 Å². The van der Waals surface area contributed by atoms with Crippen molar-refractivity contribution < 1.29 is 14.6 Å². The van der Waals surface area contributed by atoms with Crippen molar-refractivity contribution in [1.82, 2.24) is 0 Å². The molecule has 2 aromatic carbocycles. The van der Waals surface area contributed by atoms with Gasteiger partial charge in [-0.2, -0.15) is 0 Å². The van der Waals surface area contributed by atoms with E-state index in [1.165, 1.54) is 30.4 Å². The lowest BCUT2D eigenvalue weighted by atomic mass is 9.68. The van der Waals surface area contributed by atoms with Crippen LogP contribution in [-0.2, 0) is 6.42 Å². The molecule has 3 heteroatoms. The highest BCUT2D eigenvalue weighted by molar-refractivity contribution is 5.51. The average molecular weight is 324 g/mol. The van der Waals surface area contributed by atoms with Crippen LogP contribution in [0.5, 0.6) is 17.2 Å². The van der Waals surface area contributed by atoms with Crippen LogP contribution < -0.4 is 9.47 Å². The molecule has 2 aliphatic carbocycles. The fourth-order valence-electron chi connectivity index (χ4n) is 4.77. The maximum absolute atomic E-state index is 10.5. The summed E-state index contributed by atoms with van der Waals surface area (Å²) in [6.07, 6.45) is 4.63. The van der Waals surface area contributed by atoms with E-state index >= 15 is 0 Å². The molecule has 24 heavy (non-hydrogen) atoms. The Morgan fingerprint density at radius 1 is 0.917 bits per heavy atom. The molecule has 1 N–H and O–H groups in total. The van der Waals surface area contributed by atoms with Crippen molar-refractivity contribution >= 4 is 0 Å². The monoisotopic (exact) mass is 324 g/mol. The minimum Gasteiger partial charge on any atom is -0.508 e. The Balaban J connectivity index is 1.76. The summed E-state index contributed by atoms with van der Waals surface area (Å²) < 4.78 is 10.7. The van der Waals surface area contributed by atoms with Gasteiger partial charge in [-0.3, -0.25) is 0 Å². The molecule has 0 bridgehead atoms. The molecule has 3 atom stereocenters. The third-order valence-corrected chi connectivity index (χ3v) is 5.92. The molecule has 0 heterocycles. The molecule has 0 radical (unpaired) electrons. The summed E-state index contributed by atoms with van der Waals surface area (Å²) in [5.74, 6) is 3.69. The average Bonchev–Trinajstić information content (AvgIpc) is 3.11. The normalized spacial score (nSPS) is 25.0. The van der Waals surface area contributed by atoms with E-state index < -0.39 is 0 Å². The molecule has 2 aliphatic rings. The van der Waals surface area contributed by atoms with Gasteiger partial charge in [0.15, 0.2) is 0 Å². The van der Waals surface area contributed by atoms with Gasteiger partial charge in [-0.05, 0) is 71.9 Å². The third-order valence-electron chi connectivity index (χ3n) is 5.92. The van der Waals surface area contributed by atoms with Gasteiger partial charge >= 0.3 is 0 Å². The lowest BCUT2D eigenvalue weighted by Crippen LogP contribution is -2.25. The van der Waals surface area contributed by atoms with Gasteiger partial charge in [-0.25, -0.2) is 0 Å². The maximum atomic E-state index is 10.5. The number of hydrogen-bond donors (Lipinski definition) is 1. The number of phenols is 1. The van der Waals surface area contributed by atoms with E-state index in [4.69, 9.17) is 9.47 Å². The van der Waals surface area contributed by atoms with Gasteiger partial charge in [0, 0.05) is 6.07 Å². The summed E-state index contributed by atoms with van der Waals surface area (Å²) >= 11 is 0. The molecule has 2 aromatic rings. The zero-order valence-corrected chi connectivity index (χ0v) is 14.3. The fraction of sp³-hybridized carbons (Fsp3) is 0.429. The lowest BCUT2D eigenvalue weighted by Gasteiger charge is -2.36. The number of methoxy groups -OCH3 is 2. The summed E-state index contributed by atoms with van der Waals surface area (Å²) in [5.41, 5.74) is 3.77. The predicted octanol–water partition coefficient (Wildman–Crippen LogP) is 4.63. The summed E-state index contributed by atoms with van der Waals surface area (Å²) in [6, 6.07) is 12.3. The van der Waals surface area contributed by atoms with E-state index in [0.717, 1.165) is 23.5 Å². The molecule has 0 aliphatic heterocycles. The van der Waals surface area contributed by atoms with Crippen molar-refractivity contribution in [2.75, 3.05) is 14.2 Å². The van der Waals surface area contributed by atoms with Crippen LogP contribution in [0.4, 0.5) is 0 Å².